The molecule has 168 valence electrons. The van der Waals surface area contributed by atoms with Gasteiger partial charge < -0.3 is 10.1 Å². The van der Waals surface area contributed by atoms with Crippen molar-refractivity contribution >= 4 is 28.8 Å². The summed E-state index contributed by atoms with van der Waals surface area (Å²) >= 11 is 0. The van der Waals surface area contributed by atoms with Crippen LogP contribution in [0.5, 0.6) is 5.75 Å². The van der Waals surface area contributed by atoms with Crippen LogP contribution in [0.2, 0.25) is 0 Å². The van der Waals surface area contributed by atoms with Crippen molar-refractivity contribution < 1.29 is 14.3 Å². The Morgan fingerprint density at radius 3 is 2.21 bits per heavy atom. The Hall–Kier alpha value is -3.86. The summed E-state index contributed by atoms with van der Waals surface area (Å²) in [6, 6.07) is 22.6. The summed E-state index contributed by atoms with van der Waals surface area (Å²) < 4.78 is 5.25. The molecule has 0 fully saturated rings. The van der Waals surface area contributed by atoms with Crippen LogP contribution in [0.4, 0.5) is 11.4 Å². The number of methoxy groups -OCH3 is 1. The van der Waals surface area contributed by atoms with Crippen LogP contribution in [0.15, 0.2) is 78.5 Å². The van der Waals surface area contributed by atoms with E-state index in [-0.39, 0.29) is 17.5 Å². The third-order valence-electron chi connectivity index (χ3n) is 5.88. The van der Waals surface area contributed by atoms with E-state index in [9.17, 15) is 9.59 Å². The summed E-state index contributed by atoms with van der Waals surface area (Å²) in [4.78, 5) is 28.4. The van der Waals surface area contributed by atoms with E-state index in [0.717, 1.165) is 30.5 Å². The standard InChI is InChI=1S/C28H28N2O3/c1-4-5-9-20-11-15-22(16-12-20)30-27(31)25(21-13-17-23(33-3)18-14-21)26(28(30)32)29-24-10-7-6-8-19(24)2/h6-8,10-18,29H,4-5,9H2,1-3H3. The Morgan fingerprint density at radius 1 is 0.879 bits per heavy atom. The van der Waals surface area contributed by atoms with E-state index in [1.54, 1.807) is 31.4 Å². The number of aryl methyl sites for hydroxylation is 2. The Bertz CT molecular complexity index is 1190. The van der Waals surface area contributed by atoms with E-state index in [0.29, 0.717) is 22.6 Å². The van der Waals surface area contributed by atoms with Gasteiger partial charge in [-0.15, -0.1) is 0 Å². The molecule has 5 heteroatoms. The van der Waals surface area contributed by atoms with Gasteiger partial charge in [-0.1, -0.05) is 55.8 Å². The minimum Gasteiger partial charge on any atom is -0.497 e. The first-order valence-electron chi connectivity index (χ1n) is 11.2. The van der Waals surface area contributed by atoms with Crippen molar-refractivity contribution in [2.75, 3.05) is 17.3 Å². The molecule has 1 aliphatic heterocycles. The lowest BCUT2D eigenvalue weighted by Crippen LogP contribution is -2.32. The number of carbonyl (C=O) groups excluding carboxylic acids is 2. The van der Waals surface area contributed by atoms with Gasteiger partial charge in [-0.05, 0) is 66.8 Å². The molecule has 0 saturated carbocycles. The summed E-state index contributed by atoms with van der Waals surface area (Å²) in [5, 5.41) is 3.24. The number of hydrogen-bond acceptors (Lipinski definition) is 4. The predicted molar refractivity (Wildman–Crippen MR) is 132 cm³/mol. The maximum atomic E-state index is 13.6. The molecule has 0 saturated heterocycles. The first-order valence-corrected chi connectivity index (χ1v) is 11.2. The van der Waals surface area contributed by atoms with Crippen molar-refractivity contribution in [3.05, 3.63) is 95.2 Å². The molecule has 0 unspecified atom stereocenters. The third-order valence-corrected chi connectivity index (χ3v) is 5.88. The number of anilines is 2. The molecular formula is C28H28N2O3. The van der Waals surface area contributed by atoms with Crippen LogP contribution in [0.25, 0.3) is 5.57 Å². The van der Waals surface area contributed by atoms with Gasteiger partial charge in [0.1, 0.15) is 11.4 Å². The van der Waals surface area contributed by atoms with Crippen molar-refractivity contribution in [3.63, 3.8) is 0 Å². The zero-order valence-electron chi connectivity index (χ0n) is 19.2. The topological polar surface area (TPSA) is 58.6 Å². The van der Waals surface area contributed by atoms with Gasteiger partial charge in [0.05, 0.1) is 18.4 Å². The fraction of sp³-hybridized carbons (Fsp3) is 0.214. The van der Waals surface area contributed by atoms with E-state index in [1.165, 1.54) is 10.5 Å². The van der Waals surface area contributed by atoms with Crippen LogP contribution in [-0.2, 0) is 16.0 Å². The molecule has 5 nitrogen and oxygen atoms in total. The molecule has 4 rings (SSSR count). The van der Waals surface area contributed by atoms with Crippen LogP contribution in [0.1, 0.15) is 36.5 Å². The molecule has 0 atom stereocenters. The lowest BCUT2D eigenvalue weighted by atomic mass is 10.0. The molecule has 0 aromatic heterocycles. The molecule has 1 aliphatic rings. The summed E-state index contributed by atoms with van der Waals surface area (Å²) in [7, 11) is 1.59. The average molecular weight is 441 g/mol. The van der Waals surface area contributed by atoms with Crippen molar-refractivity contribution in [3.8, 4) is 5.75 Å². The smallest absolute Gasteiger partial charge is 0.282 e. The van der Waals surface area contributed by atoms with E-state index in [2.05, 4.69) is 12.2 Å². The van der Waals surface area contributed by atoms with Gasteiger partial charge in [0.15, 0.2) is 0 Å². The number of imide groups is 1. The number of nitrogens with one attached hydrogen (secondary N) is 1. The molecule has 0 spiro atoms. The van der Waals surface area contributed by atoms with Crippen LogP contribution in [0, 0.1) is 6.92 Å². The fourth-order valence-corrected chi connectivity index (χ4v) is 3.95. The van der Waals surface area contributed by atoms with E-state index < -0.39 is 0 Å². The number of rotatable bonds is 8. The SMILES string of the molecule is CCCCc1ccc(N2C(=O)C(Nc3ccccc3C)=C(c3ccc(OC)cc3)C2=O)cc1. The predicted octanol–water partition coefficient (Wildman–Crippen LogP) is 5.74. The van der Waals surface area contributed by atoms with Gasteiger partial charge in [0.2, 0.25) is 0 Å². The first kappa shape index (κ1) is 22.3. The van der Waals surface area contributed by atoms with Crippen LogP contribution in [0.3, 0.4) is 0 Å². The number of ether oxygens (including phenoxy) is 1. The molecule has 1 N–H and O–H groups in total. The van der Waals surface area contributed by atoms with Crippen molar-refractivity contribution in [2.24, 2.45) is 0 Å². The van der Waals surface area contributed by atoms with Gasteiger partial charge in [-0.3, -0.25) is 9.59 Å². The zero-order chi connectivity index (χ0) is 23.4. The maximum Gasteiger partial charge on any atom is 0.282 e. The second-order valence-electron chi connectivity index (χ2n) is 8.13. The van der Waals surface area contributed by atoms with Gasteiger partial charge in [-0.25, -0.2) is 4.90 Å². The van der Waals surface area contributed by atoms with Gasteiger partial charge >= 0.3 is 0 Å². The van der Waals surface area contributed by atoms with Gasteiger partial charge in [0, 0.05) is 5.69 Å². The van der Waals surface area contributed by atoms with E-state index in [1.807, 2.05) is 55.5 Å². The second-order valence-corrected chi connectivity index (χ2v) is 8.13. The summed E-state index contributed by atoms with van der Waals surface area (Å²) in [5.74, 6) is -0.0259. The van der Waals surface area contributed by atoms with E-state index >= 15 is 0 Å². The van der Waals surface area contributed by atoms with Crippen LogP contribution < -0.4 is 15.0 Å². The molecule has 3 aromatic rings. The maximum absolute atomic E-state index is 13.6. The molecule has 33 heavy (non-hydrogen) atoms. The fourth-order valence-electron chi connectivity index (χ4n) is 3.95. The number of carbonyl (C=O) groups is 2. The molecule has 1 heterocycles. The highest BCUT2D eigenvalue weighted by atomic mass is 16.5. The monoisotopic (exact) mass is 440 g/mol. The summed E-state index contributed by atoms with van der Waals surface area (Å²) in [6.07, 6.45) is 3.20. The third kappa shape index (κ3) is 4.53. The van der Waals surface area contributed by atoms with Gasteiger partial charge in [0.25, 0.3) is 11.8 Å². The average Bonchev–Trinajstić information content (AvgIpc) is 3.08. The Balaban J connectivity index is 1.74. The highest BCUT2D eigenvalue weighted by Gasteiger charge is 2.40. The number of para-hydroxylation sites is 1. The molecule has 0 radical (unpaired) electrons. The molecule has 3 aromatic carbocycles. The highest BCUT2D eigenvalue weighted by Crippen LogP contribution is 2.35. The van der Waals surface area contributed by atoms with Crippen molar-refractivity contribution in [1.29, 1.82) is 0 Å². The Morgan fingerprint density at radius 2 is 1.58 bits per heavy atom. The Labute approximate surface area is 194 Å². The quantitative estimate of drug-likeness (QED) is 0.454. The van der Waals surface area contributed by atoms with Crippen molar-refractivity contribution in [2.45, 2.75) is 33.1 Å². The molecule has 0 bridgehead atoms. The summed E-state index contributed by atoms with van der Waals surface area (Å²) in [5.41, 5.74) is 4.82. The molecular weight excluding hydrogens is 412 g/mol. The molecule has 0 aliphatic carbocycles. The minimum atomic E-state index is -0.365. The number of unbranched alkanes of at least 4 members (excludes halogenated alkanes) is 1. The largest absolute Gasteiger partial charge is 0.497 e. The molecule has 2 amide bonds. The number of amides is 2. The number of nitrogens with zero attached hydrogens (tertiary/aromatic N) is 1. The van der Waals surface area contributed by atoms with Crippen LogP contribution >= 0.6 is 0 Å². The van der Waals surface area contributed by atoms with Gasteiger partial charge in [-0.2, -0.15) is 0 Å². The number of benzene rings is 3. The zero-order valence-corrected chi connectivity index (χ0v) is 19.2. The lowest BCUT2D eigenvalue weighted by Gasteiger charge is -2.16. The number of hydrogen-bond donors (Lipinski definition) is 1. The Kier molecular flexibility index (Phi) is 6.59. The van der Waals surface area contributed by atoms with E-state index in [4.69, 9.17) is 4.74 Å². The second kappa shape index (κ2) is 9.74. The highest BCUT2D eigenvalue weighted by molar-refractivity contribution is 6.46. The normalized spacial score (nSPS) is 13.6. The van der Waals surface area contributed by atoms with Crippen molar-refractivity contribution in [1.82, 2.24) is 0 Å². The lowest BCUT2D eigenvalue weighted by molar-refractivity contribution is -0.120. The summed E-state index contributed by atoms with van der Waals surface area (Å²) in [6.45, 7) is 4.12. The first-order chi connectivity index (χ1) is 16.0. The van der Waals surface area contributed by atoms with Crippen LogP contribution in [-0.4, -0.2) is 18.9 Å². The minimum absolute atomic E-state index is 0.273.